The van der Waals surface area contributed by atoms with Gasteiger partial charge >= 0.3 is 0 Å². The van der Waals surface area contributed by atoms with E-state index in [1.54, 1.807) is 11.3 Å². The zero-order valence-electron chi connectivity index (χ0n) is 41.6. The Hall–Kier alpha value is -9.34. The summed E-state index contributed by atoms with van der Waals surface area (Å²) in [6.07, 6.45) is 0. The van der Waals surface area contributed by atoms with Crippen LogP contribution in [-0.2, 0) is 10.8 Å². The largest absolute Gasteiger partial charge is 0.310 e. The third-order valence-electron chi connectivity index (χ3n) is 16.5. The Morgan fingerprint density at radius 2 is 0.724 bits per heavy atom. The van der Waals surface area contributed by atoms with Crippen molar-refractivity contribution in [3.05, 3.63) is 341 Å². The normalized spacial score (nSPS) is 13.5. The molecule has 0 bridgehead atoms. The van der Waals surface area contributed by atoms with Crippen molar-refractivity contribution in [1.82, 2.24) is 0 Å². The van der Waals surface area contributed by atoms with Crippen LogP contribution in [-0.4, -0.2) is 0 Å². The molecule has 2 heteroatoms. The quantitative estimate of drug-likeness (QED) is 0.139. The van der Waals surface area contributed by atoms with Gasteiger partial charge in [0, 0.05) is 21.5 Å². The molecule has 0 aliphatic heterocycles. The molecule has 1 nitrogen and oxygen atoms in total. The van der Waals surface area contributed by atoms with Crippen LogP contribution in [0.15, 0.2) is 297 Å². The van der Waals surface area contributed by atoms with Crippen molar-refractivity contribution < 1.29 is 0 Å². The second-order valence-electron chi connectivity index (χ2n) is 20.3. The lowest BCUT2D eigenvalue weighted by molar-refractivity contribution is 0.768. The lowest BCUT2D eigenvalue weighted by Gasteiger charge is -2.35. The van der Waals surface area contributed by atoms with Gasteiger partial charge in [-0.25, -0.2) is 0 Å². The van der Waals surface area contributed by atoms with Gasteiger partial charge in [-0.2, -0.15) is 0 Å². The van der Waals surface area contributed by atoms with Crippen LogP contribution in [0, 0.1) is 0 Å². The molecule has 76 heavy (non-hydrogen) atoms. The number of thiophene rings is 1. The summed E-state index contributed by atoms with van der Waals surface area (Å²) in [6, 6.07) is 109. The van der Waals surface area contributed by atoms with Crippen molar-refractivity contribution >= 4 is 49.3 Å². The zero-order chi connectivity index (χ0) is 50.2. The van der Waals surface area contributed by atoms with E-state index >= 15 is 0 Å². The van der Waals surface area contributed by atoms with Gasteiger partial charge in [-0.05, 0) is 160 Å². The molecule has 1 heterocycles. The fourth-order valence-corrected chi connectivity index (χ4v) is 14.1. The van der Waals surface area contributed by atoms with E-state index < -0.39 is 10.8 Å². The molecule has 0 spiro atoms. The number of hydrogen-bond acceptors (Lipinski definition) is 2. The van der Waals surface area contributed by atoms with Crippen LogP contribution >= 0.6 is 11.3 Å². The van der Waals surface area contributed by atoms with Crippen LogP contribution in [0.2, 0.25) is 0 Å². The number of fused-ring (bicyclic) bond motifs is 8. The first-order valence-corrected chi connectivity index (χ1v) is 27.2. The van der Waals surface area contributed by atoms with Crippen LogP contribution in [0.1, 0.15) is 44.5 Å². The Kier molecular flexibility index (Phi) is 10.3. The summed E-state index contributed by atoms with van der Waals surface area (Å²) in [5, 5.41) is 5.86. The summed E-state index contributed by atoms with van der Waals surface area (Å²) < 4.78 is 1.30. The van der Waals surface area contributed by atoms with E-state index in [9.17, 15) is 0 Å². The number of nitrogens with zero attached hydrogens (tertiary/aromatic N) is 1. The third kappa shape index (κ3) is 6.57. The molecule has 0 saturated carbocycles. The number of hydrogen-bond donors (Lipinski definition) is 0. The SMILES string of the molecule is c1ccc(C2(c3ccccc3)c3ccccc3-c3ccc(-c4ccc(N(c5ccc6c(c5)C(c5ccccc5)(c5ccccc5)c5ccccc5-6)c5ccc(-c6ccc7sccc7c6)c6ccccc56)cc4)cc32)cc1. The fourth-order valence-electron chi connectivity index (χ4n) is 13.3. The molecule has 0 saturated heterocycles. The summed E-state index contributed by atoms with van der Waals surface area (Å²) in [5.74, 6) is 0. The van der Waals surface area contributed by atoms with E-state index in [1.165, 1.54) is 104 Å². The van der Waals surface area contributed by atoms with Gasteiger partial charge in [0.15, 0.2) is 0 Å². The van der Waals surface area contributed by atoms with E-state index in [-0.39, 0.29) is 0 Å². The second-order valence-corrected chi connectivity index (χ2v) is 21.2. The highest BCUT2D eigenvalue weighted by molar-refractivity contribution is 7.17. The van der Waals surface area contributed by atoms with Gasteiger partial charge in [-0.1, -0.05) is 237 Å². The van der Waals surface area contributed by atoms with Crippen LogP contribution in [0.4, 0.5) is 17.1 Å². The van der Waals surface area contributed by atoms with Crippen molar-refractivity contribution in [3.8, 4) is 44.5 Å². The highest BCUT2D eigenvalue weighted by atomic mass is 32.1. The molecule has 13 aromatic rings. The lowest BCUT2D eigenvalue weighted by Crippen LogP contribution is -2.28. The first kappa shape index (κ1) is 44.2. The highest BCUT2D eigenvalue weighted by Gasteiger charge is 2.47. The molecule has 0 amide bonds. The highest BCUT2D eigenvalue weighted by Crippen LogP contribution is 2.59. The Balaban J connectivity index is 0.931. The van der Waals surface area contributed by atoms with Crippen molar-refractivity contribution in [1.29, 1.82) is 0 Å². The van der Waals surface area contributed by atoms with Gasteiger partial charge < -0.3 is 4.90 Å². The van der Waals surface area contributed by atoms with E-state index in [0.29, 0.717) is 0 Å². The Morgan fingerprint density at radius 3 is 1.32 bits per heavy atom. The zero-order valence-corrected chi connectivity index (χ0v) is 42.5. The second kappa shape index (κ2) is 17.7. The minimum Gasteiger partial charge on any atom is -0.310 e. The van der Waals surface area contributed by atoms with Crippen LogP contribution in [0.3, 0.4) is 0 Å². The van der Waals surface area contributed by atoms with Crippen molar-refractivity contribution in [2.45, 2.75) is 10.8 Å². The molecule has 0 fully saturated rings. The Morgan fingerprint density at radius 1 is 0.276 bits per heavy atom. The van der Waals surface area contributed by atoms with Crippen molar-refractivity contribution in [3.63, 3.8) is 0 Å². The lowest BCUT2D eigenvalue weighted by atomic mass is 9.67. The summed E-state index contributed by atoms with van der Waals surface area (Å²) in [7, 11) is 0. The van der Waals surface area contributed by atoms with E-state index in [4.69, 9.17) is 0 Å². The molecule has 1 aromatic heterocycles. The van der Waals surface area contributed by atoms with E-state index in [0.717, 1.165) is 22.6 Å². The monoisotopic (exact) mass is 983 g/mol. The molecule has 15 rings (SSSR count). The molecular weight excluding hydrogens is 935 g/mol. The maximum Gasteiger partial charge on any atom is 0.0714 e. The van der Waals surface area contributed by atoms with Gasteiger partial charge in [0.25, 0.3) is 0 Å². The van der Waals surface area contributed by atoms with E-state index in [2.05, 4.69) is 301 Å². The van der Waals surface area contributed by atoms with Crippen LogP contribution < -0.4 is 4.90 Å². The predicted octanol–water partition coefficient (Wildman–Crippen LogP) is 19.6. The van der Waals surface area contributed by atoms with Gasteiger partial charge in [0.1, 0.15) is 0 Å². The molecule has 12 aromatic carbocycles. The maximum atomic E-state index is 2.50. The maximum absolute atomic E-state index is 2.50. The fraction of sp³-hybridized carbons (Fsp3) is 0.0270. The van der Waals surface area contributed by atoms with E-state index in [1.807, 2.05) is 0 Å². The number of benzene rings is 12. The standard InChI is InChI=1S/C74H49NS/c1-5-19-54(20-6-1)73(55-21-7-2-8-22-55)67-31-17-15-28-62(67)64-40-35-51(48-69(64)73)50-33-37-58(38-34-50)75(71-43-42-60(61-27-13-14-30-66(61)71)52-36-44-72-53(47-52)45-46-76-72)59-39-41-65-63-29-16-18-32-68(63)74(70(65)49-59,56-23-9-3-10-24-56)57-25-11-4-12-26-57/h1-49H. The Bertz CT molecular complexity index is 4250. The minimum atomic E-state index is -0.547. The predicted molar refractivity (Wildman–Crippen MR) is 319 cm³/mol. The van der Waals surface area contributed by atoms with Crippen LogP contribution in [0.5, 0.6) is 0 Å². The number of rotatable bonds is 9. The summed E-state index contributed by atoms with van der Waals surface area (Å²) in [5.41, 5.74) is 22.4. The molecule has 356 valence electrons. The first-order valence-electron chi connectivity index (χ1n) is 26.3. The molecular formula is C74H49NS. The average Bonchev–Trinajstić information content (AvgIpc) is 4.19. The van der Waals surface area contributed by atoms with Crippen LogP contribution in [0.25, 0.3) is 65.4 Å². The molecule has 0 atom stereocenters. The van der Waals surface area contributed by atoms with Gasteiger partial charge in [0.2, 0.25) is 0 Å². The molecule has 2 aliphatic rings. The van der Waals surface area contributed by atoms with Gasteiger partial charge in [0.05, 0.1) is 16.5 Å². The molecule has 2 aliphatic carbocycles. The average molecular weight is 984 g/mol. The van der Waals surface area contributed by atoms with Crippen molar-refractivity contribution in [2.24, 2.45) is 0 Å². The third-order valence-corrected chi connectivity index (χ3v) is 17.4. The van der Waals surface area contributed by atoms with Gasteiger partial charge in [-0.3, -0.25) is 0 Å². The summed E-state index contributed by atoms with van der Waals surface area (Å²) >= 11 is 1.79. The topological polar surface area (TPSA) is 3.24 Å². The Labute approximate surface area is 447 Å². The first-order chi connectivity index (χ1) is 37.7. The van der Waals surface area contributed by atoms with Gasteiger partial charge in [-0.15, -0.1) is 11.3 Å². The molecule has 0 N–H and O–H groups in total. The number of anilines is 3. The summed E-state index contributed by atoms with van der Waals surface area (Å²) in [6.45, 7) is 0. The smallest absolute Gasteiger partial charge is 0.0714 e. The minimum absolute atomic E-state index is 0.480. The molecule has 0 unspecified atom stereocenters. The summed E-state index contributed by atoms with van der Waals surface area (Å²) in [4.78, 5) is 2.50. The van der Waals surface area contributed by atoms with Crippen molar-refractivity contribution in [2.75, 3.05) is 4.90 Å². The molecule has 0 radical (unpaired) electrons.